The number of rotatable bonds is 5. The van der Waals surface area contributed by atoms with E-state index in [1.165, 1.54) is 43.9 Å². The van der Waals surface area contributed by atoms with Gasteiger partial charge in [0.15, 0.2) is 0 Å². The number of hydrogen-bond acceptors (Lipinski definition) is 4. The Morgan fingerprint density at radius 3 is 2.75 bits per heavy atom. The fourth-order valence-electron chi connectivity index (χ4n) is 2.68. The van der Waals surface area contributed by atoms with Gasteiger partial charge in [0, 0.05) is 18.3 Å². The van der Waals surface area contributed by atoms with Crippen molar-refractivity contribution in [1.29, 1.82) is 0 Å². The summed E-state index contributed by atoms with van der Waals surface area (Å²) >= 11 is 0. The maximum absolute atomic E-state index is 12.0. The molecule has 0 radical (unpaired) electrons. The molecule has 0 saturated heterocycles. The first-order chi connectivity index (χ1) is 9.58. The summed E-state index contributed by atoms with van der Waals surface area (Å²) in [5.41, 5.74) is 5.75. The molecule has 0 aromatic heterocycles. The second-order valence-corrected chi connectivity index (χ2v) is 5.23. The molecule has 1 fully saturated rings. The van der Waals surface area contributed by atoms with Crippen LogP contribution in [-0.4, -0.2) is 17.4 Å². The lowest BCUT2D eigenvalue weighted by Crippen LogP contribution is -2.26. The third-order valence-corrected chi connectivity index (χ3v) is 3.77. The number of nitrogens with one attached hydrogen (secondary N) is 1. The van der Waals surface area contributed by atoms with Crippen molar-refractivity contribution in [3.63, 3.8) is 0 Å². The van der Waals surface area contributed by atoms with Gasteiger partial charge in [-0.1, -0.05) is 25.7 Å². The molecule has 6 heteroatoms. The average Bonchev–Trinajstić information content (AvgIpc) is 2.91. The normalized spacial score (nSPS) is 15.2. The van der Waals surface area contributed by atoms with Crippen LogP contribution in [0.2, 0.25) is 0 Å². The van der Waals surface area contributed by atoms with Crippen LogP contribution in [0.1, 0.15) is 42.5 Å². The number of carbonyl (C=O) groups is 1. The van der Waals surface area contributed by atoms with Crippen LogP contribution in [0.3, 0.4) is 0 Å². The first kappa shape index (κ1) is 14.3. The molecule has 1 saturated carbocycles. The Bertz CT molecular complexity index is 510. The number of anilines is 1. The topological polar surface area (TPSA) is 98.3 Å². The monoisotopic (exact) mass is 277 g/mol. The van der Waals surface area contributed by atoms with Crippen LogP contribution in [0.5, 0.6) is 0 Å². The molecule has 1 aromatic rings. The zero-order valence-electron chi connectivity index (χ0n) is 11.3. The molecule has 1 aliphatic rings. The number of nitro benzene ring substituents is 1. The van der Waals surface area contributed by atoms with E-state index in [0.717, 1.165) is 6.42 Å². The highest BCUT2D eigenvalue weighted by atomic mass is 16.6. The Balaban J connectivity index is 1.97. The Morgan fingerprint density at radius 1 is 1.40 bits per heavy atom. The fraction of sp³-hybridized carbons (Fsp3) is 0.500. The van der Waals surface area contributed by atoms with Crippen LogP contribution in [-0.2, 0) is 0 Å². The fourth-order valence-corrected chi connectivity index (χ4v) is 2.68. The highest BCUT2D eigenvalue weighted by Gasteiger charge is 2.21. The van der Waals surface area contributed by atoms with Crippen LogP contribution in [0.15, 0.2) is 18.2 Å². The van der Waals surface area contributed by atoms with Crippen molar-refractivity contribution >= 4 is 17.3 Å². The van der Waals surface area contributed by atoms with E-state index in [9.17, 15) is 14.9 Å². The van der Waals surface area contributed by atoms with E-state index >= 15 is 0 Å². The Kier molecular flexibility index (Phi) is 4.55. The third-order valence-electron chi connectivity index (χ3n) is 3.77. The minimum atomic E-state index is -0.564. The summed E-state index contributed by atoms with van der Waals surface area (Å²) in [4.78, 5) is 22.4. The third kappa shape index (κ3) is 3.46. The molecule has 1 aliphatic carbocycles. The van der Waals surface area contributed by atoms with Crippen LogP contribution < -0.4 is 11.1 Å². The first-order valence-electron chi connectivity index (χ1n) is 6.90. The van der Waals surface area contributed by atoms with E-state index < -0.39 is 10.8 Å². The molecule has 2 rings (SSSR count). The molecule has 6 nitrogen and oxygen atoms in total. The molecule has 0 spiro atoms. The summed E-state index contributed by atoms with van der Waals surface area (Å²) in [5, 5.41) is 13.7. The molecule has 0 atom stereocenters. The molecule has 108 valence electrons. The molecule has 0 aliphatic heterocycles. The van der Waals surface area contributed by atoms with E-state index in [0.29, 0.717) is 18.2 Å². The van der Waals surface area contributed by atoms with Gasteiger partial charge in [0.1, 0.15) is 5.56 Å². The summed E-state index contributed by atoms with van der Waals surface area (Å²) in [7, 11) is 0. The van der Waals surface area contributed by atoms with E-state index in [1.54, 1.807) is 0 Å². The Hall–Kier alpha value is -2.11. The molecule has 0 unspecified atom stereocenters. The number of hydrogen-bond donors (Lipinski definition) is 2. The van der Waals surface area contributed by atoms with E-state index in [1.807, 2.05) is 0 Å². The number of benzene rings is 1. The minimum Gasteiger partial charge on any atom is -0.399 e. The number of carbonyl (C=O) groups excluding carboxylic acids is 1. The summed E-state index contributed by atoms with van der Waals surface area (Å²) < 4.78 is 0. The highest BCUT2D eigenvalue weighted by molar-refractivity contribution is 5.99. The summed E-state index contributed by atoms with van der Waals surface area (Å²) in [6.45, 7) is 0.551. The van der Waals surface area contributed by atoms with Crippen LogP contribution in [0, 0.1) is 16.0 Å². The van der Waals surface area contributed by atoms with Gasteiger partial charge in [-0.05, 0) is 24.5 Å². The smallest absolute Gasteiger partial charge is 0.282 e. The Labute approximate surface area is 117 Å². The molecule has 1 aromatic carbocycles. The molecule has 1 amide bonds. The molecule has 0 heterocycles. The van der Waals surface area contributed by atoms with Gasteiger partial charge in [0.25, 0.3) is 11.6 Å². The van der Waals surface area contributed by atoms with Gasteiger partial charge in [0.05, 0.1) is 4.92 Å². The Morgan fingerprint density at radius 2 is 2.10 bits per heavy atom. The maximum Gasteiger partial charge on any atom is 0.282 e. The zero-order chi connectivity index (χ0) is 14.5. The lowest BCUT2D eigenvalue weighted by molar-refractivity contribution is -0.385. The SMILES string of the molecule is Nc1ccc([N+](=O)[O-])c(C(=O)NCCC2CCCC2)c1. The van der Waals surface area contributed by atoms with E-state index in [2.05, 4.69) is 5.32 Å². The number of nitrogen functional groups attached to an aromatic ring is 1. The number of nitrogens with zero attached hydrogens (tertiary/aromatic N) is 1. The summed E-state index contributed by atoms with van der Waals surface area (Å²) in [6, 6.07) is 4.04. The largest absolute Gasteiger partial charge is 0.399 e. The second-order valence-electron chi connectivity index (χ2n) is 5.23. The molecule has 20 heavy (non-hydrogen) atoms. The van der Waals surface area contributed by atoms with Crippen LogP contribution in [0.25, 0.3) is 0 Å². The van der Waals surface area contributed by atoms with Gasteiger partial charge >= 0.3 is 0 Å². The highest BCUT2D eigenvalue weighted by Crippen LogP contribution is 2.27. The standard InChI is InChI=1S/C14H19N3O3/c15-11-5-6-13(17(19)20)12(9-11)14(18)16-8-7-10-3-1-2-4-10/h5-6,9-10H,1-4,7-8,15H2,(H,16,18). The van der Waals surface area contributed by atoms with E-state index in [-0.39, 0.29) is 11.3 Å². The van der Waals surface area contributed by atoms with Crippen LogP contribution >= 0.6 is 0 Å². The molecular formula is C14H19N3O3. The van der Waals surface area contributed by atoms with E-state index in [4.69, 9.17) is 5.73 Å². The van der Waals surface area contributed by atoms with Crippen molar-refractivity contribution in [3.05, 3.63) is 33.9 Å². The van der Waals surface area contributed by atoms with Gasteiger partial charge < -0.3 is 11.1 Å². The van der Waals surface area contributed by atoms with Crippen LogP contribution in [0.4, 0.5) is 11.4 Å². The predicted molar refractivity (Wildman–Crippen MR) is 76.4 cm³/mol. The minimum absolute atomic E-state index is 0.0291. The predicted octanol–water partition coefficient (Wildman–Crippen LogP) is 2.49. The summed E-state index contributed by atoms with van der Waals surface area (Å²) in [5.74, 6) is 0.244. The van der Waals surface area contributed by atoms with Gasteiger partial charge in [-0.3, -0.25) is 14.9 Å². The first-order valence-corrected chi connectivity index (χ1v) is 6.90. The van der Waals surface area contributed by atoms with Crippen molar-refractivity contribution in [2.24, 2.45) is 5.92 Å². The lowest BCUT2D eigenvalue weighted by atomic mass is 10.0. The van der Waals surface area contributed by atoms with Gasteiger partial charge in [-0.15, -0.1) is 0 Å². The average molecular weight is 277 g/mol. The number of nitrogens with two attached hydrogens (primary N) is 1. The number of nitro groups is 1. The van der Waals surface area contributed by atoms with Gasteiger partial charge in [-0.25, -0.2) is 0 Å². The van der Waals surface area contributed by atoms with Crippen molar-refractivity contribution in [2.45, 2.75) is 32.1 Å². The molecular weight excluding hydrogens is 258 g/mol. The van der Waals surface area contributed by atoms with Gasteiger partial charge in [-0.2, -0.15) is 0 Å². The molecule has 3 N–H and O–H groups in total. The van der Waals surface area contributed by atoms with Gasteiger partial charge in [0.2, 0.25) is 0 Å². The zero-order valence-corrected chi connectivity index (χ0v) is 11.3. The van der Waals surface area contributed by atoms with Crippen molar-refractivity contribution < 1.29 is 9.72 Å². The second kappa shape index (κ2) is 6.36. The van der Waals surface area contributed by atoms with Crippen molar-refractivity contribution in [2.75, 3.05) is 12.3 Å². The maximum atomic E-state index is 12.0. The van der Waals surface area contributed by atoms with Crippen molar-refractivity contribution in [3.8, 4) is 0 Å². The molecule has 0 bridgehead atoms. The summed E-state index contributed by atoms with van der Waals surface area (Å²) in [6.07, 6.45) is 5.89. The number of amides is 1. The lowest BCUT2D eigenvalue weighted by Gasteiger charge is -2.10. The quantitative estimate of drug-likeness (QED) is 0.490. The van der Waals surface area contributed by atoms with Crippen molar-refractivity contribution in [1.82, 2.24) is 5.32 Å².